The van der Waals surface area contributed by atoms with Gasteiger partial charge in [0.25, 0.3) is 6.57 Å². The predicted molar refractivity (Wildman–Crippen MR) is 82.3 cm³/mol. The second kappa shape index (κ2) is 7.44. The summed E-state index contributed by atoms with van der Waals surface area (Å²) in [7, 11) is 2.01. The first-order valence-electron chi connectivity index (χ1n) is 5.78. The zero-order valence-corrected chi connectivity index (χ0v) is 13.4. The van der Waals surface area contributed by atoms with E-state index in [9.17, 15) is 4.57 Å². The molecule has 1 aromatic carbocycles. The highest BCUT2D eigenvalue weighted by Crippen LogP contribution is 2.55. The first kappa shape index (κ1) is 15.9. The molecule has 0 spiro atoms. The van der Waals surface area contributed by atoms with Crippen LogP contribution in [-0.4, -0.2) is 32.6 Å². The van der Waals surface area contributed by atoms with Gasteiger partial charge in [0.05, 0.1) is 6.61 Å². The van der Waals surface area contributed by atoms with Gasteiger partial charge in [0.2, 0.25) is 0 Å². The molecular formula is C12H19ClNO2PS. The summed E-state index contributed by atoms with van der Waals surface area (Å²) < 4.78 is 17.1. The maximum atomic E-state index is 11.9. The fourth-order valence-electron chi connectivity index (χ4n) is 1.44. The van der Waals surface area contributed by atoms with E-state index in [1.807, 2.05) is 38.2 Å². The molecule has 1 unspecified atom stereocenters. The van der Waals surface area contributed by atoms with Gasteiger partial charge >= 0.3 is 0 Å². The van der Waals surface area contributed by atoms with Crippen LogP contribution in [0.3, 0.4) is 0 Å². The molecule has 1 aromatic rings. The van der Waals surface area contributed by atoms with Crippen LogP contribution in [0.5, 0.6) is 0 Å². The maximum Gasteiger partial charge on any atom is 0.254 e. The van der Waals surface area contributed by atoms with Crippen LogP contribution in [0.2, 0.25) is 5.02 Å². The minimum atomic E-state index is -2.48. The first-order valence-corrected chi connectivity index (χ1v) is 9.82. The van der Waals surface area contributed by atoms with Gasteiger partial charge in [-0.3, -0.25) is 4.57 Å². The standard InChI is InChI=1S/C12H19ClNO2PS/c1-4-16-17(3,15)18-10-9-14(2)12-7-5-11(13)6-8-12/h5-8H,4,9-10H2,1-3H3. The Bertz CT molecular complexity index is 413. The van der Waals surface area contributed by atoms with Crippen LogP contribution in [0.4, 0.5) is 5.69 Å². The van der Waals surface area contributed by atoms with Crippen LogP contribution in [0.15, 0.2) is 24.3 Å². The Morgan fingerprint density at radius 3 is 2.56 bits per heavy atom. The normalized spacial score (nSPS) is 14.2. The summed E-state index contributed by atoms with van der Waals surface area (Å²) in [6, 6.07) is 7.68. The van der Waals surface area contributed by atoms with E-state index < -0.39 is 6.57 Å². The summed E-state index contributed by atoms with van der Waals surface area (Å²) in [5, 5.41) is 0.732. The molecule has 0 radical (unpaired) electrons. The lowest BCUT2D eigenvalue weighted by molar-refractivity contribution is 0.350. The van der Waals surface area contributed by atoms with Crippen molar-refractivity contribution >= 4 is 35.2 Å². The van der Waals surface area contributed by atoms with E-state index in [-0.39, 0.29) is 0 Å². The van der Waals surface area contributed by atoms with Crippen molar-refractivity contribution < 1.29 is 9.09 Å². The molecule has 1 atom stereocenters. The monoisotopic (exact) mass is 307 g/mol. The molecule has 0 bridgehead atoms. The number of hydrogen-bond acceptors (Lipinski definition) is 4. The van der Waals surface area contributed by atoms with Gasteiger partial charge in [0, 0.05) is 36.7 Å². The van der Waals surface area contributed by atoms with Crippen LogP contribution in [-0.2, 0) is 9.09 Å². The van der Waals surface area contributed by atoms with Gasteiger partial charge in [-0.15, -0.1) is 0 Å². The van der Waals surface area contributed by atoms with Gasteiger partial charge < -0.3 is 9.42 Å². The van der Waals surface area contributed by atoms with Gasteiger partial charge in [-0.25, -0.2) is 0 Å². The third-order valence-electron chi connectivity index (χ3n) is 2.38. The Hall–Kier alpha value is -0.150. The zero-order chi connectivity index (χ0) is 13.6. The van der Waals surface area contributed by atoms with E-state index in [1.54, 1.807) is 6.66 Å². The Kier molecular flexibility index (Phi) is 6.58. The molecule has 3 nitrogen and oxygen atoms in total. The lowest BCUT2D eigenvalue weighted by atomic mass is 10.3. The quantitative estimate of drug-likeness (QED) is 0.700. The third kappa shape index (κ3) is 5.66. The molecule has 6 heteroatoms. The van der Waals surface area contributed by atoms with Gasteiger partial charge in [0.15, 0.2) is 0 Å². The van der Waals surface area contributed by atoms with Gasteiger partial charge in [-0.1, -0.05) is 23.0 Å². The Morgan fingerprint density at radius 1 is 1.39 bits per heavy atom. The van der Waals surface area contributed by atoms with E-state index in [2.05, 4.69) is 4.90 Å². The second-order valence-corrected chi connectivity index (χ2v) is 9.59. The minimum absolute atomic E-state index is 0.494. The van der Waals surface area contributed by atoms with E-state index in [4.69, 9.17) is 16.1 Å². The van der Waals surface area contributed by atoms with E-state index in [1.165, 1.54) is 11.4 Å². The first-order chi connectivity index (χ1) is 8.44. The van der Waals surface area contributed by atoms with Crippen LogP contribution in [0.1, 0.15) is 6.92 Å². The summed E-state index contributed by atoms with van der Waals surface area (Å²) in [4.78, 5) is 2.11. The molecule has 0 saturated heterocycles. The number of halogens is 1. The van der Waals surface area contributed by atoms with Gasteiger partial charge in [-0.05, 0) is 31.2 Å². The summed E-state index contributed by atoms with van der Waals surface area (Å²) in [6.45, 7) is 2.36. The highest BCUT2D eigenvalue weighted by Gasteiger charge is 2.15. The molecule has 0 aliphatic rings. The average molecular weight is 308 g/mol. The number of nitrogens with zero attached hydrogens (tertiary/aromatic N) is 1. The van der Waals surface area contributed by atoms with Crippen LogP contribution in [0.25, 0.3) is 0 Å². The molecule has 0 aromatic heterocycles. The van der Waals surface area contributed by atoms with E-state index >= 15 is 0 Å². The summed E-state index contributed by atoms with van der Waals surface area (Å²) >= 11 is 7.23. The van der Waals surface area contributed by atoms with Crippen molar-refractivity contribution in [1.82, 2.24) is 0 Å². The molecule has 18 heavy (non-hydrogen) atoms. The van der Waals surface area contributed by atoms with Crippen molar-refractivity contribution in [2.24, 2.45) is 0 Å². The summed E-state index contributed by atoms with van der Waals surface area (Å²) in [6.07, 6.45) is 0. The van der Waals surface area contributed by atoms with Crippen molar-refractivity contribution in [2.45, 2.75) is 6.92 Å². The Balaban J connectivity index is 2.40. The van der Waals surface area contributed by atoms with Crippen molar-refractivity contribution in [3.05, 3.63) is 29.3 Å². The molecular weight excluding hydrogens is 289 g/mol. The highest BCUT2D eigenvalue weighted by molar-refractivity contribution is 8.56. The molecule has 0 heterocycles. The third-order valence-corrected chi connectivity index (χ3v) is 6.47. The lowest BCUT2D eigenvalue weighted by Crippen LogP contribution is -2.19. The second-order valence-electron chi connectivity index (χ2n) is 3.92. The predicted octanol–water partition coefficient (Wildman–Crippen LogP) is 4.37. The summed E-state index contributed by atoms with van der Waals surface area (Å²) in [5.41, 5.74) is 1.10. The van der Waals surface area contributed by atoms with Gasteiger partial charge in [-0.2, -0.15) is 0 Å². The Labute approximate surface area is 118 Å². The van der Waals surface area contributed by atoms with Crippen LogP contribution in [0, 0.1) is 0 Å². The summed E-state index contributed by atoms with van der Waals surface area (Å²) in [5.74, 6) is 0.771. The molecule has 0 saturated carbocycles. The largest absolute Gasteiger partial charge is 0.374 e. The highest BCUT2D eigenvalue weighted by atomic mass is 35.5. The molecule has 0 fully saturated rings. The Morgan fingerprint density at radius 2 is 2.00 bits per heavy atom. The fraction of sp³-hybridized carbons (Fsp3) is 0.500. The zero-order valence-electron chi connectivity index (χ0n) is 10.9. The molecule has 0 N–H and O–H groups in total. The fourth-order valence-corrected chi connectivity index (χ4v) is 4.58. The number of rotatable bonds is 7. The molecule has 1 rings (SSSR count). The molecule has 0 amide bonds. The SMILES string of the molecule is CCOP(C)(=O)SCCN(C)c1ccc(Cl)cc1. The smallest absolute Gasteiger partial charge is 0.254 e. The lowest BCUT2D eigenvalue weighted by Gasteiger charge is -2.20. The van der Waals surface area contributed by atoms with Crippen molar-refractivity contribution in [2.75, 3.05) is 37.5 Å². The number of benzene rings is 1. The van der Waals surface area contributed by atoms with Crippen LogP contribution >= 0.6 is 29.6 Å². The average Bonchev–Trinajstić information content (AvgIpc) is 2.29. The van der Waals surface area contributed by atoms with Crippen LogP contribution < -0.4 is 4.90 Å². The molecule has 0 aliphatic heterocycles. The van der Waals surface area contributed by atoms with Crippen molar-refractivity contribution in [3.8, 4) is 0 Å². The van der Waals surface area contributed by atoms with E-state index in [0.29, 0.717) is 6.61 Å². The maximum absolute atomic E-state index is 11.9. The number of anilines is 1. The topological polar surface area (TPSA) is 29.5 Å². The van der Waals surface area contributed by atoms with Crippen molar-refractivity contribution in [1.29, 1.82) is 0 Å². The van der Waals surface area contributed by atoms with Gasteiger partial charge in [0.1, 0.15) is 0 Å². The molecule has 102 valence electrons. The molecule has 0 aliphatic carbocycles. The van der Waals surface area contributed by atoms with Crippen molar-refractivity contribution in [3.63, 3.8) is 0 Å². The minimum Gasteiger partial charge on any atom is -0.374 e. The van der Waals surface area contributed by atoms with E-state index in [0.717, 1.165) is 23.0 Å². The number of hydrogen-bond donors (Lipinski definition) is 0.